The molecule has 5 aliphatic carbocycles. The standard InChI is InChI=1S/C44H38F2N2/c1-26-9-8-12-33(27(26)2)30-15-19-32(20-16-30)37-41-38(34-21-24-44(4,46)40-35(45)22-23-43(41,3)39(34)40)36(42(37)48-25-47)31-17-13-29(14-18-31)28-10-6-5-7-11-28/h5-8,10-22,26-27,33H,9,23-24H2,1-4H3. The summed E-state index contributed by atoms with van der Waals surface area (Å²) >= 11 is 0. The van der Waals surface area contributed by atoms with Gasteiger partial charge in [-0.15, -0.1) is 0 Å². The number of rotatable bonds is 4. The second-order valence-electron chi connectivity index (χ2n) is 14.5. The van der Waals surface area contributed by atoms with Crippen molar-refractivity contribution in [2.24, 2.45) is 22.2 Å². The first-order chi connectivity index (χ1) is 23.1. The molecule has 0 N–H and O–H groups in total. The molecule has 238 valence electrons. The predicted octanol–water partition coefficient (Wildman–Crippen LogP) is 11.4. The van der Waals surface area contributed by atoms with Crippen molar-refractivity contribution in [1.29, 1.82) is 5.26 Å². The first kappa shape index (κ1) is 30.5. The molecular formula is C44H38F2N2. The fraction of sp³-hybridized carbons (Fsp3) is 0.273. The number of nitriles is 1. The minimum absolute atomic E-state index is 0.0791. The van der Waals surface area contributed by atoms with Gasteiger partial charge >= 0.3 is 0 Å². The number of aliphatic imine (C=N–C) groups is 1. The molecule has 4 heteroatoms. The molecule has 0 aliphatic heterocycles. The van der Waals surface area contributed by atoms with Crippen LogP contribution in [-0.4, -0.2) is 11.4 Å². The Balaban J connectivity index is 1.35. The van der Waals surface area contributed by atoms with Gasteiger partial charge in [-0.2, -0.15) is 10.3 Å². The first-order valence-corrected chi connectivity index (χ1v) is 17.0. The summed E-state index contributed by atoms with van der Waals surface area (Å²) in [6.45, 7) is 8.24. The third-order valence-corrected chi connectivity index (χ3v) is 11.6. The summed E-state index contributed by atoms with van der Waals surface area (Å²) in [6, 6.07) is 27.3. The molecule has 1 fully saturated rings. The lowest BCUT2D eigenvalue weighted by molar-refractivity contribution is 0.229. The summed E-state index contributed by atoms with van der Waals surface area (Å²) in [5, 5.41) is 10.1. The largest absolute Gasteiger partial charge is 0.239 e. The minimum atomic E-state index is -1.81. The summed E-state index contributed by atoms with van der Waals surface area (Å²) < 4.78 is 31.9. The lowest BCUT2D eigenvalue weighted by atomic mass is 9.67. The van der Waals surface area contributed by atoms with Crippen LogP contribution in [0.25, 0.3) is 22.3 Å². The molecule has 0 spiro atoms. The van der Waals surface area contributed by atoms with Crippen LogP contribution in [0.2, 0.25) is 0 Å². The lowest BCUT2D eigenvalue weighted by Gasteiger charge is -2.38. The Kier molecular flexibility index (Phi) is 7.04. The number of alkyl halides is 1. The van der Waals surface area contributed by atoms with Crippen LogP contribution in [0.1, 0.15) is 69.6 Å². The number of benzene rings is 3. The predicted molar refractivity (Wildman–Crippen MR) is 191 cm³/mol. The highest BCUT2D eigenvalue weighted by atomic mass is 19.1. The van der Waals surface area contributed by atoms with Gasteiger partial charge in [-0.1, -0.05) is 118 Å². The molecule has 3 aromatic carbocycles. The second kappa shape index (κ2) is 11.1. The van der Waals surface area contributed by atoms with Gasteiger partial charge in [0.25, 0.3) is 0 Å². The quantitative estimate of drug-likeness (QED) is 0.208. The van der Waals surface area contributed by atoms with Crippen LogP contribution in [0.3, 0.4) is 0 Å². The Morgan fingerprint density at radius 1 is 0.750 bits per heavy atom. The maximum atomic E-state index is 16.2. The van der Waals surface area contributed by atoms with Gasteiger partial charge in [0.2, 0.25) is 6.19 Å². The van der Waals surface area contributed by atoms with Crippen LogP contribution in [-0.2, 0) is 0 Å². The molecule has 2 nitrogen and oxygen atoms in total. The molecule has 0 radical (unpaired) electrons. The smallest absolute Gasteiger partial charge is 0.206 e. The Morgan fingerprint density at radius 2 is 1.40 bits per heavy atom. The summed E-state index contributed by atoms with van der Waals surface area (Å²) in [5.41, 5.74) is 8.90. The van der Waals surface area contributed by atoms with E-state index in [0.29, 0.717) is 29.9 Å². The van der Waals surface area contributed by atoms with Crippen molar-refractivity contribution in [2.75, 3.05) is 0 Å². The van der Waals surface area contributed by atoms with Crippen LogP contribution >= 0.6 is 0 Å². The summed E-state index contributed by atoms with van der Waals surface area (Å²) in [4.78, 5) is 4.54. The lowest BCUT2D eigenvalue weighted by Crippen LogP contribution is -2.32. The number of halogens is 2. The van der Waals surface area contributed by atoms with E-state index in [4.69, 9.17) is 0 Å². The van der Waals surface area contributed by atoms with Gasteiger partial charge in [0.1, 0.15) is 11.5 Å². The van der Waals surface area contributed by atoms with Crippen molar-refractivity contribution >= 4 is 16.9 Å². The molecule has 1 saturated carbocycles. The third kappa shape index (κ3) is 4.44. The van der Waals surface area contributed by atoms with Crippen molar-refractivity contribution < 1.29 is 8.78 Å². The molecule has 8 rings (SSSR count). The number of nitrogens with zero attached hydrogens (tertiary/aromatic N) is 2. The zero-order valence-electron chi connectivity index (χ0n) is 27.8. The fourth-order valence-corrected chi connectivity index (χ4v) is 8.87. The van der Waals surface area contributed by atoms with Gasteiger partial charge in [0, 0.05) is 34.5 Å². The van der Waals surface area contributed by atoms with Crippen molar-refractivity contribution in [3.63, 3.8) is 0 Å². The van der Waals surface area contributed by atoms with E-state index in [9.17, 15) is 5.26 Å². The van der Waals surface area contributed by atoms with E-state index in [1.54, 1.807) is 6.08 Å². The van der Waals surface area contributed by atoms with Crippen molar-refractivity contribution in [3.8, 4) is 17.3 Å². The van der Waals surface area contributed by atoms with Gasteiger partial charge in [-0.25, -0.2) is 8.78 Å². The van der Waals surface area contributed by atoms with E-state index >= 15 is 8.78 Å². The van der Waals surface area contributed by atoms with E-state index in [1.165, 1.54) is 12.5 Å². The zero-order valence-corrected chi connectivity index (χ0v) is 27.8. The minimum Gasteiger partial charge on any atom is -0.239 e. The van der Waals surface area contributed by atoms with Crippen molar-refractivity contribution in [3.05, 3.63) is 154 Å². The molecule has 3 aromatic rings. The van der Waals surface area contributed by atoms with Gasteiger partial charge < -0.3 is 0 Å². The fourth-order valence-electron chi connectivity index (χ4n) is 8.87. The summed E-state index contributed by atoms with van der Waals surface area (Å²) in [7, 11) is 0. The number of allylic oxidation sites excluding steroid dienone is 12. The van der Waals surface area contributed by atoms with Crippen LogP contribution in [0.4, 0.5) is 8.78 Å². The van der Waals surface area contributed by atoms with E-state index in [-0.39, 0.29) is 12.0 Å². The first-order valence-electron chi connectivity index (χ1n) is 17.0. The van der Waals surface area contributed by atoms with Gasteiger partial charge in [0.05, 0.1) is 5.71 Å². The third-order valence-electron chi connectivity index (χ3n) is 11.6. The highest BCUT2D eigenvalue weighted by Crippen LogP contribution is 2.68. The van der Waals surface area contributed by atoms with Crippen molar-refractivity contribution in [1.82, 2.24) is 0 Å². The van der Waals surface area contributed by atoms with E-state index in [2.05, 4.69) is 105 Å². The summed E-state index contributed by atoms with van der Waals surface area (Å²) in [6.07, 6.45) is 11.8. The maximum absolute atomic E-state index is 16.2. The normalized spacial score (nSPS) is 29.9. The van der Waals surface area contributed by atoms with E-state index in [0.717, 1.165) is 62.1 Å². The molecule has 0 bridgehead atoms. The van der Waals surface area contributed by atoms with Gasteiger partial charge in [0.15, 0.2) is 0 Å². The molecule has 0 heterocycles. The second-order valence-corrected chi connectivity index (χ2v) is 14.5. The molecule has 48 heavy (non-hydrogen) atoms. The monoisotopic (exact) mass is 632 g/mol. The van der Waals surface area contributed by atoms with E-state index in [1.807, 2.05) is 24.3 Å². The molecule has 5 atom stereocenters. The van der Waals surface area contributed by atoms with Crippen LogP contribution < -0.4 is 0 Å². The Hall–Kier alpha value is -4.88. The Bertz CT molecular complexity index is 2110. The Morgan fingerprint density at radius 3 is 2.10 bits per heavy atom. The Labute approximate surface area is 281 Å². The topological polar surface area (TPSA) is 36.1 Å². The average Bonchev–Trinajstić information content (AvgIpc) is 3.55. The van der Waals surface area contributed by atoms with E-state index < -0.39 is 16.9 Å². The molecular weight excluding hydrogens is 594 g/mol. The number of hydrogen-bond acceptors (Lipinski definition) is 2. The van der Waals surface area contributed by atoms with Crippen LogP contribution in [0.15, 0.2) is 142 Å². The van der Waals surface area contributed by atoms with Crippen LogP contribution in [0.5, 0.6) is 0 Å². The SMILES string of the molecule is CC1CC=CC(c2ccc(C3=C4C(=C(c5ccc(-c6ccccc6)cc5)C3=NC#N)C3=CCC(C)(F)C5=C3C4(C)CC=C5F)cc2)C1C. The van der Waals surface area contributed by atoms with Crippen molar-refractivity contribution in [2.45, 2.75) is 58.5 Å². The molecule has 0 saturated heterocycles. The summed E-state index contributed by atoms with van der Waals surface area (Å²) in [5.74, 6) is 1.00. The number of fused-ring (bicyclic) bond motifs is 3. The van der Waals surface area contributed by atoms with Gasteiger partial charge in [-0.05, 0) is 87.8 Å². The van der Waals surface area contributed by atoms with Gasteiger partial charge in [-0.3, -0.25) is 0 Å². The number of hydrogen-bond donors (Lipinski definition) is 0. The highest BCUT2D eigenvalue weighted by Gasteiger charge is 2.57. The average molecular weight is 633 g/mol. The molecule has 0 aromatic heterocycles. The molecule has 5 aliphatic rings. The van der Waals surface area contributed by atoms with Crippen LogP contribution in [0, 0.1) is 28.7 Å². The molecule has 0 amide bonds. The molecule has 5 unspecified atom stereocenters. The zero-order chi connectivity index (χ0) is 33.4. The maximum Gasteiger partial charge on any atom is 0.206 e. The highest BCUT2D eigenvalue weighted by molar-refractivity contribution is 6.50.